The highest BCUT2D eigenvalue weighted by molar-refractivity contribution is 5.85. The van der Waals surface area contributed by atoms with E-state index < -0.39 is 0 Å². The zero-order valence-electron chi connectivity index (χ0n) is 15.5. The molecule has 2 saturated heterocycles. The van der Waals surface area contributed by atoms with Crippen molar-refractivity contribution in [1.82, 2.24) is 15.1 Å². The number of piperidine rings is 1. The van der Waals surface area contributed by atoms with Crippen molar-refractivity contribution in [1.29, 1.82) is 0 Å². The number of piperazine rings is 1. The van der Waals surface area contributed by atoms with Crippen LogP contribution in [-0.4, -0.2) is 67.0 Å². The monoisotopic (exact) mass is 381 g/mol. The molecule has 2 aliphatic heterocycles. The number of para-hydroxylation sites is 1. The number of carbonyl (C=O) groups excluding carboxylic acids is 2. The standard InChI is InChI=1S/C19H27N3O3.ClH/c1-14-5-3-6-15(2)19(14)25-13-18(24)21-9-4-7-16(12-21)22-10-8-20-11-17(22)23;/h3,5-6,16,20H,4,7-13H2,1-2H3;1H. The van der Waals surface area contributed by atoms with Crippen molar-refractivity contribution < 1.29 is 14.3 Å². The molecule has 2 aliphatic rings. The number of halogens is 1. The molecule has 1 atom stereocenters. The summed E-state index contributed by atoms with van der Waals surface area (Å²) in [5, 5.41) is 3.09. The molecule has 1 aromatic carbocycles. The number of nitrogens with one attached hydrogen (secondary N) is 1. The molecule has 0 spiro atoms. The van der Waals surface area contributed by atoms with Gasteiger partial charge in [-0.15, -0.1) is 12.4 Å². The number of rotatable bonds is 4. The maximum atomic E-state index is 12.6. The second-order valence-electron chi connectivity index (χ2n) is 6.91. The van der Waals surface area contributed by atoms with E-state index in [0.29, 0.717) is 13.1 Å². The minimum Gasteiger partial charge on any atom is -0.483 e. The molecule has 0 radical (unpaired) electrons. The maximum absolute atomic E-state index is 12.6. The van der Waals surface area contributed by atoms with Crippen LogP contribution >= 0.6 is 12.4 Å². The molecule has 2 heterocycles. The summed E-state index contributed by atoms with van der Waals surface area (Å²) in [5.74, 6) is 0.925. The lowest BCUT2D eigenvalue weighted by Crippen LogP contribution is -2.57. The third-order valence-corrected chi connectivity index (χ3v) is 5.06. The molecule has 0 aliphatic carbocycles. The summed E-state index contributed by atoms with van der Waals surface area (Å²) in [6.45, 7) is 7.33. The first-order chi connectivity index (χ1) is 12.1. The number of hydrogen-bond acceptors (Lipinski definition) is 4. The van der Waals surface area contributed by atoms with Crippen molar-refractivity contribution in [2.24, 2.45) is 0 Å². The predicted octanol–water partition coefficient (Wildman–Crippen LogP) is 1.53. The van der Waals surface area contributed by atoms with Gasteiger partial charge in [0.2, 0.25) is 5.91 Å². The summed E-state index contributed by atoms with van der Waals surface area (Å²) in [6.07, 6.45) is 1.89. The summed E-state index contributed by atoms with van der Waals surface area (Å²) in [6, 6.07) is 6.09. The van der Waals surface area contributed by atoms with Gasteiger partial charge in [-0.1, -0.05) is 18.2 Å². The van der Waals surface area contributed by atoms with E-state index in [0.717, 1.165) is 49.4 Å². The van der Waals surface area contributed by atoms with E-state index in [1.54, 1.807) is 0 Å². The molecule has 0 bridgehead atoms. The molecule has 26 heavy (non-hydrogen) atoms. The van der Waals surface area contributed by atoms with Gasteiger partial charge < -0.3 is 19.9 Å². The lowest BCUT2D eigenvalue weighted by molar-refractivity contribution is -0.141. The van der Waals surface area contributed by atoms with Crippen molar-refractivity contribution in [2.45, 2.75) is 32.7 Å². The lowest BCUT2D eigenvalue weighted by atomic mass is 10.0. The third-order valence-electron chi connectivity index (χ3n) is 5.06. The topological polar surface area (TPSA) is 61.9 Å². The fraction of sp³-hybridized carbons (Fsp3) is 0.579. The number of benzene rings is 1. The Morgan fingerprint density at radius 2 is 2.00 bits per heavy atom. The smallest absolute Gasteiger partial charge is 0.260 e. The van der Waals surface area contributed by atoms with Crippen molar-refractivity contribution >= 4 is 24.2 Å². The van der Waals surface area contributed by atoms with Crippen LogP contribution in [0.4, 0.5) is 0 Å². The van der Waals surface area contributed by atoms with Crippen LogP contribution in [0.3, 0.4) is 0 Å². The van der Waals surface area contributed by atoms with E-state index in [2.05, 4.69) is 5.32 Å². The quantitative estimate of drug-likeness (QED) is 0.859. The minimum atomic E-state index is -0.00469. The van der Waals surface area contributed by atoms with Crippen LogP contribution in [0.1, 0.15) is 24.0 Å². The summed E-state index contributed by atoms with van der Waals surface area (Å²) in [5.41, 5.74) is 2.08. The van der Waals surface area contributed by atoms with E-state index in [4.69, 9.17) is 4.74 Å². The number of ether oxygens (including phenoxy) is 1. The Balaban J connectivity index is 0.00000243. The summed E-state index contributed by atoms with van der Waals surface area (Å²) >= 11 is 0. The van der Waals surface area contributed by atoms with Gasteiger partial charge in [-0.2, -0.15) is 0 Å². The fourth-order valence-corrected chi connectivity index (χ4v) is 3.69. The highest BCUT2D eigenvalue weighted by Gasteiger charge is 2.31. The SMILES string of the molecule is Cc1cccc(C)c1OCC(=O)N1CCCC(N2CCNCC2=O)C1.Cl. The highest BCUT2D eigenvalue weighted by Crippen LogP contribution is 2.23. The van der Waals surface area contributed by atoms with Gasteiger partial charge in [0.05, 0.1) is 6.54 Å². The molecule has 0 aromatic heterocycles. The van der Waals surface area contributed by atoms with Gasteiger partial charge in [-0.05, 0) is 37.8 Å². The van der Waals surface area contributed by atoms with Gasteiger partial charge in [0.25, 0.3) is 5.91 Å². The van der Waals surface area contributed by atoms with Crippen molar-refractivity contribution in [3.05, 3.63) is 29.3 Å². The van der Waals surface area contributed by atoms with E-state index >= 15 is 0 Å². The molecule has 2 amide bonds. The Morgan fingerprint density at radius 3 is 2.69 bits per heavy atom. The molecule has 2 fully saturated rings. The Kier molecular flexibility index (Phi) is 7.29. The number of likely N-dealkylation sites (tertiary alicyclic amines) is 1. The van der Waals surface area contributed by atoms with Crippen LogP contribution in [0.5, 0.6) is 5.75 Å². The molecule has 6 nitrogen and oxygen atoms in total. The first-order valence-corrected chi connectivity index (χ1v) is 9.03. The Hall–Kier alpha value is -1.79. The highest BCUT2D eigenvalue weighted by atomic mass is 35.5. The van der Waals surface area contributed by atoms with Crippen LogP contribution < -0.4 is 10.1 Å². The largest absolute Gasteiger partial charge is 0.483 e. The second-order valence-corrected chi connectivity index (χ2v) is 6.91. The minimum absolute atomic E-state index is 0. The molecule has 3 rings (SSSR count). The van der Waals surface area contributed by atoms with Gasteiger partial charge in [0, 0.05) is 32.2 Å². The fourth-order valence-electron chi connectivity index (χ4n) is 3.69. The van der Waals surface area contributed by atoms with Crippen molar-refractivity contribution in [3.63, 3.8) is 0 Å². The third kappa shape index (κ3) is 4.68. The molecule has 1 aromatic rings. The van der Waals surface area contributed by atoms with Crippen LogP contribution in [-0.2, 0) is 9.59 Å². The summed E-state index contributed by atoms with van der Waals surface area (Å²) in [4.78, 5) is 28.5. The number of nitrogens with zero attached hydrogens (tertiary/aromatic N) is 2. The Labute approximate surface area is 161 Å². The molecule has 1 unspecified atom stereocenters. The van der Waals surface area contributed by atoms with Crippen LogP contribution in [0.2, 0.25) is 0 Å². The molecular formula is C19H28ClN3O3. The van der Waals surface area contributed by atoms with Gasteiger partial charge in [0.1, 0.15) is 5.75 Å². The lowest BCUT2D eigenvalue weighted by Gasteiger charge is -2.41. The predicted molar refractivity (Wildman–Crippen MR) is 103 cm³/mol. The number of carbonyl (C=O) groups is 2. The average Bonchev–Trinajstić information content (AvgIpc) is 2.61. The van der Waals surface area contributed by atoms with Crippen LogP contribution in [0.15, 0.2) is 18.2 Å². The maximum Gasteiger partial charge on any atom is 0.260 e. The first-order valence-electron chi connectivity index (χ1n) is 9.03. The van der Waals surface area contributed by atoms with E-state index in [1.165, 1.54) is 0 Å². The first kappa shape index (κ1) is 20.5. The van der Waals surface area contributed by atoms with Gasteiger partial charge in [-0.25, -0.2) is 0 Å². The van der Waals surface area contributed by atoms with Gasteiger partial charge in [0.15, 0.2) is 6.61 Å². The number of amides is 2. The van der Waals surface area contributed by atoms with E-state index in [9.17, 15) is 9.59 Å². The Morgan fingerprint density at radius 1 is 1.27 bits per heavy atom. The molecular weight excluding hydrogens is 354 g/mol. The van der Waals surface area contributed by atoms with Crippen molar-refractivity contribution in [3.8, 4) is 5.75 Å². The van der Waals surface area contributed by atoms with E-state index in [-0.39, 0.29) is 36.9 Å². The molecule has 144 valence electrons. The molecule has 0 saturated carbocycles. The Bertz CT molecular complexity index is 633. The zero-order chi connectivity index (χ0) is 17.8. The summed E-state index contributed by atoms with van der Waals surface area (Å²) in [7, 11) is 0. The molecule has 7 heteroatoms. The van der Waals surface area contributed by atoms with Crippen molar-refractivity contribution in [2.75, 3.05) is 39.3 Å². The second kappa shape index (κ2) is 9.24. The number of hydrogen-bond donors (Lipinski definition) is 1. The van der Waals surface area contributed by atoms with E-state index in [1.807, 2.05) is 41.8 Å². The van der Waals surface area contributed by atoms with Gasteiger partial charge in [-0.3, -0.25) is 9.59 Å². The normalized spacial score (nSPS) is 20.5. The van der Waals surface area contributed by atoms with Crippen LogP contribution in [0, 0.1) is 13.8 Å². The average molecular weight is 382 g/mol. The van der Waals surface area contributed by atoms with Gasteiger partial charge >= 0.3 is 0 Å². The molecule has 1 N–H and O–H groups in total. The summed E-state index contributed by atoms with van der Waals surface area (Å²) < 4.78 is 5.80. The van der Waals surface area contributed by atoms with Crippen LogP contribution in [0.25, 0.3) is 0 Å². The number of aryl methyl sites for hydroxylation is 2. The zero-order valence-corrected chi connectivity index (χ0v) is 16.3.